The minimum Gasteiger partial charge on any atom is -0.310 e. The monoisotopic (exact) mass is 578 g/mol. The molecule has 0 aliphatic carbocycles. The molecule has 0 atom stereocenters. The summed E-state index contributed by atoms with van der Waals surface area (Å²) in [5.41, 5.74) is 5.79. The zero-order valence-corrected chi connectivity index (χ0v) is 24.6. The summed E-state index contributed by atoms with van der Waals surface area (Å²) in [5.74, 6) is 0. The topological polar surface area (TPSA) is 16.1 Å². The summed E-state index contributed by atoms with van der Waals surface area (Å²) in [4.78, 5) is 6.81. The van der Waals surface area contributed by atoms with Crippen molar-refractivity contribution in [3.05, 3.63) is 158 Å². The molecule has 0 amide bonds. The Morgan fingerprint density at radius 1 is 0.432 bits per heavy atom. The first-order valence-electron chi connectivity index (χ1n) is 14.9. The van der Waals surface area contributed by atoms with Crippen LogP contribution in [-0.2, 0) is 0 Å². The molecule has 2 nitrogen and oxygen atoms in total. The van der Waals surface area contributed by atoms with Crippen molar-refractivity contribution in [2.24, 2.45) is 0 Å². The number of rotatable bonds is 4. The molecule has 0 aliphatic heterocycles. The first kappa shape index (κ1) is 25.0. The minimum atomic E-state index is 1.12. The largest absolute Gasteiger partial charge is 0.310 e. The molecule has 0 bridgehead atoms. The van der Waals surface area contributed by atoms with E-state index in [9.17, 15) is 0 Å². The van der Waals surface area contributed by atoms with Crippen LogP contribution in [0.5, 0.6) is 0 Å². The van der Waals surface area contributed by atoms with Gasteiger partial charge in [-0.15, -0.1) is 11.3 Å². The van der Waals surface area contributed by atoms with E-state index < -0.39 is 0 Å². The number of hydrogen-bond acceptors (Lipinski definition) is 3. The lowest BCUT2D eigenvalue weighted by Gasteiger charge is -2.26. The Morgan fingerprint density at radius 3 is 1.98 bits per heavy atom. The quantitative estimate of drug-likeness (QED) is 0.193. The molecule has 2 heterocycles. The van der Waals surface area contributed by atoms with Crippen molar-refractivity contribution in [3.63, 3.8) is 0 Å². The van der Waals surface area contributed by atoms with Gasteiger partial charge in [0.2, 0.25) is 0 Å². The van der Waals surface area contributed by atoms with Crippen LogP contribution in [0.4, 0.5) is 17.1 Å². The second-order valence-electron chi connectivity index (χ2n) is 11.3. The van der Waals surface area contributed by atoms with Gasteiger partial charge >= 0.3 is 0 Å². The van der Waals surface area contributed by atoms with Gasteiger partial charge in [0, 0.05) is 49.6 Å². The van der Waals surface area contributed by atoms with Crippen LogP contribution in [0.3, 0.4) is 0 Å². The molecule has 0 aliphatic rings. The maximum absolute atomic E-state index is 4.44. The van der Waals surface area contributed by atoms with Crippen LogP contribution in [0.25, 0.3) is 63.6 Å². The van der Waals surface area contributed by atoms with Gasteiger partial charge < -0.3 is 4.90 Å². The SMILES string of the molecule is c1ccc(-c2ccc(N(c3ccc4c(ccc5ccc6ccccc6c54)c3)c3ccc4sc5ccncc5c4c3)cc2)cc1. The smallest absolute Gasteiger partial charge is 0.0468 e. The third kappa shape index (κ3) is 4.05. The van der Waals surface area contributed by atoms with Crippen molar-refractivity contribution in [2.75, 3.05) is 4.90 Å². The number of pyridine rings is 1. The van der Waals surface area contributed by atoms with Crippen LogP contribution in [0, 0.1) is 0 Å². The van der Waals surface area contributed by atoms with Crippen molar-refractivity contribution >= 4 is 80.9 Å². The Kier molecular flexibility index (Phi) is 5.71. The lowest BCUT2D eigenvalue weighted by molar-refractivity contribution is 1.30. The Hall–Kier alpha value is -5.51. The predicted molar refractivity (Wildman–Crippen MR) is 190 cm³/mol. The first-order valence-corrected chi connectivity index (χ1v) is 15.7. The summed E-state index contributed by atoms with van der Waals surface area (Å²) in [6, 6.07) is 53.0. The van der Waals surface area contributed by atoms with E-state index in [2.05, 4.69) is 155 Å². The fraction of sp³-hybridized carbons (Fsp3) is 0. The summed E-state index contributed by atoms with van der Waals surface area (Å²) in [7, 11) is 0. The number of fused-ring (bicyclic) bond motifs is 8. The van der Waals surface area contributed by atoms with E-state index in [0.717, 1.165) is 17.1 Å². The third-order valence-corrected chi connectivity index (χ3v) is 9.86. The Bertz CT molecular complexity index is 2490. The molecule has 9 rings (SSSR count). The highest BCUT2D eigenvalue weighted by molar-refractivity contribution is 7.25. The molecule has 9 aromatic rings. The molecule has 3 heteroatoms. The van der Waals surface area contributed by atoms with E-state index >= 15 is 0 Å². The molecule has 7 aromatic carbocycles. The molecule has 0 fully saturated rings. The molecule has 2 aromatic heterocycles. The number of benzene rings is 7. The van der Waals surface area contributed by atoms with Gasteiger partial charge in [0.05, 0.1) is 0 Å². The van der Waals surface area contributed by atoms with E-state index in [-0.39, 0.29) is 0 Å². The Labute approximate surface area is 259 Å². The van der Waals surface area contributed by atoms with E-state index in [1.807, 2.05) is 23.7 Å². The Balaban J connectivity index is 1.25. The first-order chi connectivity index (χ1) is 21.8. The Morgan fingerprint density at radius 2 is 1.09 bits per heavy atom. The van der Waals surface area contributed by atoms with Gasteiger partial charge in [-0.05, 0) is 92.0 Å². The molecule has 0 unspecified atom stereocenters. The van der Waals surface area contributed by atoms with Crippen LogP contribution in [-0.4, -0.2) is 4.98 Å². The molecule has 206 valence electrons. The van der Waals surface area contributed by atoms with Gasteiger partial charge in [-0.25, -0.2) is 0 Å². The van der Waals surface area contributed by atoms with Crippen LogP contribution >= 0.6 is 11.3 Å². The minimum absolute atomic E-state index is 1.12. The summed E-state index contributed by atoms with van der Waals surface area (Å²) < 4.78 is 2.53. The highest BCUT2D eigenvalue weighted by atomic mass is 32.1. The fourth-order valence-electron chi connectivity index (χ4n) is 6.59. The van der Waals surface area contributed by atoms with Gasteiger partial charge in [0.15, 0.2) is 0 Å². The van der Waals surface area contributed by atoms with Crippen molar-refractivity contribution in [1.82, 2.24) is 4.98 Å². The van der Waals surface area contributed by atoms with Crippen molar-refractivity contribution in [1.29, 1.82) is 0 Å². The number of thiophene rings is 1. The second kappa shape index (κ2) is 10.0. The lowest BCUT2D eigenvalue weighted by atomic mass is 9.96. The predicted octanol–water partition coefficient (Wildman–Crippen LogP) is 12.0. The van der Waals surface area contributed by atoms with Gasteiger partial charge in [0.25, 0.3) is 0 Å². The fourth-order valence-corrected chi connectivity index (χ4v) is 7.64. The summed E-state index contributed by atoms with van der Waals surface area (Å²) in [6.45, 7) is 0. The standard InChI is InChI=1S/C41H26N2S/c1-2-6-27(7-3-1)28-14-16-32(17-15-28)43(34-19-21-39-37(25-34)38-26-42-23-22-40(38)44-39)33-18-20-36-31(24-33)13-12-30-11-10-29-8-4-5-9-35(29)41(30)36/h1-26H. The van der Waals surface area contributed by atoms with Crippen LogP contribution < -0.4 is 4.90 Å². The number of aromatic nitrogens is 1. The van der Waals surface area contributed by atoms with Crippen molar-refractivity contribution in [3.8, 4) is 11.1 Å². The maximum atomic E-state index is 4.44. The summed E-state index contributed by atoms with van der Waals surface area (Å²) in [6.07, 6.45) is 3.86. The average Bonchev–Trinajstić information content (AvgIpc) is 3.47. The molecular formula is C41H26N2S. The molecule has 0 spiro atoms. The van der Waals surface area contributed by atoms with Crippen LogP contribution in [0.2, 0.25) is 0 Å². The molecule has 0 saturated carbocycles. The zero-order valence-electron chi connectivity index (χ0n) is 23.8. The average molecular weight is 579 g/mol. The normalized spacial score (nSPS) is 11.6. The number of nitrogens with zero attached hydrogens (tertiary/aromatic N) is 2. The van der Waals surface area contributed by atoms with Gasteiger partial charge in [-0.1, -0.05) is 97.1 Å². The van der Waals surface area contributed by atoms with Crippen molar-refractivity contribution < 1.29 is 0 Å². The zero-order chi connectivity index (χ0) is 29.0. The number of anilines is 3. The third-order valence-electron chi connectivity index (χ3n) is 8.71. The van der Waals surface area contributed by atoms with Crippen LogP contribution in [0.15, 0.2) is 158 Å². The lowest BCUT2D eigenvalue weighted by Crippen LogP contribution is -2.09. The summed E-state index contributed by atoms with van der Waals surface area (Å²) >= 11 is 1.82. The molecule has 0 radical (unpaired) electrons. The number of hydrogen-bond donors (Lipinski definition) is 0. The van der Waals surface area contributed by atoms with Gasteiger partial charge in [-0.2, -0.15) is 0 Å². The molecule has 44 heavy (non-hydrogen) atoms. The maximum Gasteiger partial charge on any atom is 0.0468 e. The van der Waals surface area contributed by atoms with E-state index in [4.69, 9.17) is 0 Å². The van der Waals surface area contributed by atoms with E-state index in [0.29, 0.717) is 0 Å². The van der Waals surface area contributed by atoms with Crippen LogP contribution in [0.1, 0.15) is 0 Å². The highest BCUT2D eigenvalue weighted by Gasteiger charge is 2.16. The highest BCUT2D eigenvalue weighted by Crippen LogP contribution is 2.42. The van der Waals surface area contributed by atoms with Gasteiger partial charge in [-0.3, -0.25) is 4.98 Å². The second-order valence-corrected chi connectivity index (χ2v) is 12.3. The van der Waals surface area contributed by atoms with Crippen molar-refractivity contribution in [2.45, 2.75) is 0 Å². The molecular weight excluding hydrogens is 553 g/mol. The van der Waals surface area contributed by atoms with E-state index in [1.165, 1.54) is 63.6 Å². The van der Waals surface area contributed by atoms with E-state index in [1.54, 1.807) is 0 Å². The molecule has 0 saturated heterocycles. The molecule has 0 N–H and O–H groups in total. The van der Waals surface area contributed by atoms with Gasteiger partial charge in [0.1, 0.15) is 0 Å². The summed E-state index contributed by atoms with van der Waals surface area (Å²) in [5, 5.41) is 10.1.